The van der Waals surface area contributed by atoms with Crippen molar-refractivity contribution in [3.63, 3.8) is 0 Å². The van der Waals surface area contributed by atoms with E-state index in [1.54, 1.807) is 29.8 Å². The van der Waals surface area contributed by atoms with Crippen LogP contribution in [0.2, 0.25) is 0 Å². The largest absolute Gasteiger partial charge is 0.296 e. The van der Waals surface area contributed by atoms with Crippen molar-refractivity contribution in [3.8, 4) is 0 Å². The fourth-order valence-corrected chi connectivity index (χ4v) is 7.98. The lowest BCUT2D eigenvalue weighted by atomic mass is 9.57. The maximum Gasteiger partial charge on any atom is 0.296 e. The van der Waals surface area contributed by atoms with Gasteiger partial charge in [0.1, 0.15) is 0 Å². The minimum Gasteiger partial charge on any atom is -0.266 e. The van der Waals surface area contributed by atoms with Gasteiger partial charge in [0.05, 0.1) is 11.5 Å². The third-order valence-corrected chi connectivity index (χ3v) is 10.1. The highest BCUT2D eigenvalue weighted by molar-refractivity contribution is 14.1. The van der Waals surface area contributed by atoms with Crippen molar-refractivity contribution >= 4 is 55.3 Å². The molecule has 2 aliphatic carbocycles. The third-order valence-electron chi connectivity index (χ3n) is 7.18. The molecule has 2 aliphatic rings. The highest BCUT2D eigenvalue weighted by Gasteiger charge is 2.45. The summed E-state index contributed by atoms with van der Waals surface area (Å²) >= 11 is 4.81. The first kappa shape index (κ1) is 25.9. The van der Waals surface area contributed by atoms with Crippen LogP contribution in [0, 0.1) is 20.3 Å². The van der Waals surface area contributed by atoms with Gasteiger partial charge in [-0.2, -0.15) is 8.42 Å². The molecule has 0 N–H and O–H groups in total. The zero-order valence-corrected chi connectivity index (χ0v) is 24.3. The first-order valence-corrected chi connectivity index (χ1v) is 15.0. The molecule has 0 bridgehead atoms. The average Bonchev–Trinajstić information content (AvgIpc) is 2.66. The maximum atomic E-state index is 12.8. The Morgan fingerprint density at radius 3 is 2.45 bits per heavy atom. The molecule has 0 saturated heterocycles. The summed E-state index contributed by atoms with van der Waals surface area (Å²) in [6.45, 7) is 9.55. The topological polar surface area (TPSA) is 43.4 Å². The molecule has 0 aliphatic heterocycles. The van der Waals surface area contributed by atoms with Crippen LogP contribution in [-0.2, 0) is 14.3 Å². The molecule has 0 spiro atoms. The van der Waals surface area contributed by atoms with E-state index in [2.05, 4.69) is 79.0 Å². The predicted molar refractivity (Wildman–Crippen MR) is 145 cm³/mol. The van der Waals surface area contributed by atoms with Crippen LogP contribution in [0.3, 0.4) is 0 Å². The van der Waals surface area contributed by atoms with E-state index in [0.717, 1.165) is 29.3 Å². The van der Waals surface area contributed by atoms with Crippen molar-refractivity contribution < 1.29 is 12.6 Å². The van der Waals surface area contributed by atoms with Crippen molar-refractivity contribution in [2.75, 3.05) is 6.61 Å². The van der Waals surface area contributed by atoms with Crippen LogP contribution in [0.25, 0.3) is 0 Å². The van der Waals surface area contributed by atoms with Crippen LogP contribution in [-0.4, -0.2) is 18.4 Å². The van der Waals surface area contributed by atoms with Crippen molar-refractivity contribution in [1.82, 2.24) is 0 Å². The fraction of sp³-hybridized carbons (Fsp3) is 0.680. The van der Waals surface area contributed by atoms with Crippen molar-refractivity contribution in [1.29, 1.82) is 0 Å². The molecule has 1 aromatic carbocycles. The highest BCUT2D eigenvalue weighted by atomic mass is 127. The SMILES string of the molecule is CCCC1C[C@@](C)(I)CC=C1[C@]1(C)CCC[C@@](C)(COS(=O)(=O)c2ccc(I)cc2)C1. The molecule has 1 saturated carbocycles. The summed E-state index contributed by atoms with van der Waals surface area (Å²) < 4.78 is 32.5. The van der Waals surface area contributed by atoms with Gasteiger partial charge in [0.15, 0.2) is 0 Å². The molecule has 0 heterocycles. The Kier molecular flexibility index (Phi) is 8.29. The van der Waals surface area contributed by atoms with Gasteiger partial charge in [-0.05, 0) is 102 Å². The molecular formula is C25H36I2O3S. The number of alkyl halides is 1. The van der Waals surface area contributed by atoms with Gasteiger partial charge in [0.25, 0.3) is 10.1 Å². The van der Waals surface area contributed by atoms with E-state index in [1.807, 2.05) is 0 Å². The number of hydrogen-bond donors (Lipinski definition) is 0. The lowest BCUT2D eigenvalue weighted by Gasteiger charge is -2.49. The van der Waals surface area contributed by atoms with Gasteiger partial charge >= 0.3 is 0 Å². The normalized spacial score (nSPS) is 34.4. The summed E-state index contributed by atoms with van der Waals surface area (Å²) in [5, 5.41) is 0. The standard InChI is InChI=1S/C25H36I2O3S/c1-5-7-19-16-25(4,27)15-12-22(19)24(3)14-6-13-23(2,17-24)18-30-31(28,29)21-10-8-20(26)9-11-21/h8-12,19H,5-7,13-18H2,1-4H3/t19?,23-,24-,25+/m1/s1. The predicted octanol–water partition coefficient (Wildman–Crippen LogP) is 7.91. The minimum atomic E-state index is -3.73. The molecule has 0 radical (unpaired) electrons. The third kappa shape index (κ3) is 6.47. The van der Waals surface area contributed by atoms with Gasteiger partial charge in [0.2, 0.25) is 0 Å². The van der Waals surface area contributed by atoms with Crippen molar-refractivity contribution in [2.45, 2.75) is 87.4 Å². The minimum absolute atomic E-state index is 0.133. The summed E-state index contributed by atoms with van der Waals surface area (Å²) in [4.78, 5) is 0.245. The van der Waals surface area contributed by atoms with Crippen LogP contribution in [0.5, 0.6) is 0 Å². The van der Waals surface area contributed by atoms with E-state index in [-0.39, 0.29) is 22.3 Å². The molecule has 1 aromatic rings. The maximum absolute atomic E-state index is 12.8. The number of benzene rings is 1. The second-order valence-electron chi connectivity index (χ2n) is 10.5. The molecule has 31 heavy (non-hydrogen) atoms. The molecule has 3 nitrogen and oxygen atoms in total. The van der Waals surface area contributed by atoms with E-state index >= 15 is 0 Å². The smallest absolute Gasteiger partial charge is 0.266 e. The second-order valence-corrected chi connectivity index (χ2v) is 16.0. The fourth-order valence-electron chi connectivity index (χ4n) is 5.82. The number of hydrogen-bond acceptors (Lipinski definition) is 3. The van der Waals surface area contributed by atoms with Crippen LogP contribution in [0.15, 0.2) is 40.8 Å². The summed E-state index contributed by atoms with van der Waals surface area (Å²) in [6, 6.07) is 6.88. The Morgan fingerprint density at radius 1 is 1.13 bits per heavy atom. The van der Waals surface area contributed by atoms with E-state index in [1.165, 1.54) is 25.7 Å². The summed E-state index contributed by atoms with van der Waals surface area (Å²) in [6.07, 6.45) is 11.7. The van der Waals surface area contributed by atoms with E-state index in [4.69, 9.17) is 4.18 Å². The summed E-state index contributed by atoms with van der Waals surface area (Å²) in [7, 11) is -3.73. The van der Waals surface area contributed by atoms with Gasteiger partial charge in [-0.25, -0.2) is 0 Å². The quantitative estimate of drug-likeness (QED) is 0.128. The second kappa shape index (κ2) is 9.90. The van der Waals surface area contributed by atoms with Crippen molar-refractivity contribution in [3.05, 3.63) is 39.5 Å². The molecule has 0 amide bonds. The molecule has 1 unspecified atom stereocenters. The monoisotopic (exact) mass is 670 g/mol. The molecule has 1 fully saturated rings. The van der Waals surface area contributed by atoms with Gasteiger partial charge in [-0.3, -0.25) is 4.18 Å². The first-order valence-electron chi connectivity index (χ1n) is 11.4. The Hall–Kier alpha value is 0.330. The van der Waals surface area contributed by atoms with Gasteiger partial charge in [-0.1, -0.05) is 74.8 Å². The lowest BCUT2D eigenvalue weighted by molar-refractivity contribution is 0.0539. The van der Waals surface area contributed by atoms with Crippen LogP contribution >= 0.6 is 45.2 Å². The van der Waals surface area contributed by atoms with Crippen molar-refractivity contribution in [2.24, 2.45) is 16.7 Å². The van der Waals surface area contributed by atoms with Crippen LogP contribution in [0.1, 0.15) is 79.1 Å². The Bertz CT molecular complexity index is 907. The lowest BCUT2D eigenvalue weighted by Crippen LogP contribution is -2.41. The van der Waals surface area contributed by atoms with E-state index in [9.17, 15) is 8.42 Å². The summed E-state index contributed by atoms with van der Waals surface area (Å²) in [5.74, 6) is 0.643. The zero-order chi connectivity index (χ0) is 22.9. The van der Waals surface area contributed by atoms with Gasteiger partial charge in [-0.15, -0.1) is 0 Å². The van der Waals surface area contributed by atoms with Crippen LogP contribution < -0.4 is 0 Å². The Balaban J connectivity index is 1.76. The Morgan fingerprint density at radius 2 is 1.81 bits per heavy atom. The molecule has 174 valence electrons. The average molecular weight is 670 g/mol. The first-order chi connectivity index (χ1) is 14.4. The number of allylic oxidation sites excluding steroid dienone is 2. The molecule has 6 heteroatoms. The summed E-state index contributed by atoms with van der Waals surface area (Å²) in [5.41, 5.74) is 1.64. The van der Waals surface area contributed by atoms with Gasteiger partial charge in [0, 0.05) is 6.99 Å². The number of halogens is 2. The van der Waals surface area contributed by atoms with Crippen LogP contribution in [0.4, 0.5) is 0 Å². The number of rotatable bonds is 7. The highest BCUT2D eigenvalue weighted by Crippen LogP contribution is 2.56. The Labute approximate surface area is 216 Å². The molecule has 3 rings (SSSR count). The molecular weight excluding hydrogens is 634 g/mol. The van der Waals surface area contributed by atoms with E-state index < -0.39 is 10.1 Å². The van der Waals surface area contributed by atoms with E-state index in [0.29, 0.717) is 9.34 Å². The van der Waals surface area contributed by atoms with Gasteiger partial charge < -0.3 is 0 Å². The molecule has 0 aromatic heterocycles. The molecule has 4 atom stereocenters. The zero-order valence-electron chi connectivity index (χ0n) is 19.2.